The number of para-hydroxylation sites is 1. The van der Waals surface area contributed by atoms with E-state index >= 15 is 0 Å². The summed E-state index contributed by atoms with van der Waals surface area (Å²) < 4.78 is 5.33. The normalized spacial score (nSPS) is 33.2. The van der Waals surface area contributed by atoms with Crippen molar-refractivity contribution in [2.45, 2.75) is 44.8 Å². The largest absolute Gasteiger partial charge is 0.466 e. The van der Waals surface area contributed by atoms with Crippen molar-refractivity contribution >= 4 is 16.9 Å². The van der Waals surface area contributed by atoms with Crippen LogP contribution in [-0.4, -0.2) is 46.8 Å². The molecular formula is C22H28N2O3. The third-order valence-electron chi connectivity index (χ3n) is 7.11. The third kappa shape index (κ3) is 2.71. The Kier molecular flexibility index (Phi) is 4.25. The van der Waals surface area contributed by atoms with Crippen LogP contribution in [0.5, 0.6) is 0 Å². The molecule has 3 heterocycles. The zero-order valence-electron chi connectivity index (χ0n) is 15.9. The highest BCUT2D eigenvalue weighted by molar-refractivity contribution is 5.85. The van der Waals surface area contributed by atoms with E-state index in [0.29, 0.717) is 25.0 Å². The monoisotopic (exact) mass is 368 g/mol. The van der Waals surface area contributed by atoms with Gasteiger partial charge in [-0.1, -0.05) is 18.2 Å². The van der Waals surface area contributed by atoms with Gasteiger partial charge < -0.3 is 14.8 Å². The van der Waals surface area contributed by atoms with E-state index in [1.165, 1.54) is 22.2 Å². The molecule has 3 aliphatic rings. The van der Waals surface area contributed by atoms with E-state index in [1.54, 1.807) is 0 Å². The fourth-order valence-corrected chi connectivity index (χ4v) is 5.91. The summed E-state index contributed by atoms with van der Waals surface area (Å²) in [5.41, 5.74) is 3.97. The van der Waals surface area contributed by atoms with Crippen LogP contribution in [0.15, 0.2) is 24.3 Å². The first-order valence-electron chi connectivity index (χ1n) is 10.4. The minimum absolute atomic E-state index is 0.200. The standard InChI is InChI=1S/C22H28N2O3/c1-2-27-22(26)20-16-11-18-21-15(14-5-3-4-6-17(14)23-21)9-10-24(18)12-13(16)7-8-19(20)25/h3-6,13,16,18-20,23,25H,2,7-12H2,1H3. The molecule has 1 saturated carbocycles. The zero-order chi connectivity index (χ0) is 18.5. The average molecular weight is 368 g/mol. The number of benzene rings is 1. The molecule has 5 rings (SSSR count). The maximum atomic E-state index is 12.6. The number of nitrogens with one attached hydrogen (secondary N) is 1. The lowest BCUT2D eigenvalue weighted by Crippen LogP contribution is -2.53. The van der Waals surface area contributed by atoms with Crippen molar-refractivity contribution in [3.63, 3.8) is 0 Å². The summed E-state index contributed by atoms with van der Waals surface area (Å²) in [5, 5.41) is 11.9. The Morgan fingerprint density at radius 2 is 2.19 bits per heavy atom. The molecule has 2 N–H and O–H groups in total. The van der Waals surface area contributed by atoms with Gasteiger partial charge in [0.1, 0.15) is 0 Å². The van der Waals surface area contributed by atoms with Gasteiger partial charge in [-0.2, -0.15) is 0 Å². The van der Waals surface area contributed by atoms with Crippen molar-refractivity contribution in [2.75, 3.05) is 19.7 Å². The number of esters is 1. The summed E-state index contributed by atoms with van der Waals surface area (Å²) in [6, 6.07) is 8.85. The number of carbonyl (C=O) groups is 1. The number of aromatic amines is 1. The summed E-state index contributed by atoms with van der Waals surface area (Å²) in [6.45, 7) is 4.31. The predicted molar refractivity (Wildman–Crippen MR) is 103 cm³/mol. The molecule has 0 bridgehead atoms. The highest BCUT2D eigenvalue weighted by Crippen LogP contribution is 2.49. The lowest BCUT2D eigenvalue weighted by atomic mass is 9.65. The lowest BCUT2D eigenvalue weighted by molar-refractivity contribution is -0.162. The van der Waals surface area contributed by atoms with Gasteiger partial charge in [-0.15, -0.1) is 0 Å². The molecule has 27 heavy (non-hydrogen) atoms. The van der Waals surface area contributed by atoms with Gasteiger partial charge in [0.2, 0.25) is 0 Å². The molecule has 144 valence electrons. The Bertz CT molecular complexity index is 860. The second kappa shape index (κ2) is 6.64. The summed E-state index contributed by atoms with van der Waals surface area (Å²) >= 11 is 0. The first-order chi connectivity index (χ1) is 13.2. The van der Waals surface area contributed by atoms with Crippen LogP contribution in [0, 0.1) is 17.8 Å². The van der Waals surface area contributed by atoms with Crippen molar-refractivity contribution in [1.29, 1.82) is 0 Å². The van der Waals surface area contributed by atoms with E-state index in [2.05, 4.69) is 34.1 Å². The summed E-state index contributed by atoms with van der Waals surface area (Å²) in [5.74, 6) is 0.0952. The lowest BCUT2D eigenvalue weighted by Gasteiger charge is -2.51. The van der Waals surface area contributed by atoms with E-state index in [-0.39, 0.29) is 17.8 Å². The van der Waals surface area contributed by atoms with Crippen LogP contribution in [0.3, 0.4) is 0 Å². The summed E-state index contributed by atoms with van der Waals surface area (Å²) in [7, 11) is 0. The van der Waals surface area contributed by atoms with E-state index < -0.39 is 6.10 Å². The van der Waals surface area contributed by atoms with Crippen LogP contribution < -0.4 is 0 Å². The van der Waals surface area contributed by atoms with E-state index in [9.17, 15) is 9.90 Å². The Hall–Kier alpha value is -1.85. The maximum Gasteiger partial charge on any atom is 0.311 e. The van der Waals surface area contributed by atoms with Crippen molar-refractivity contribution in [3.8, 4) is 0 Å². The minimum Gasteiger partial charge on any atom is -0.466 e. The van der Waals surface area contributed by atoms with Crippen LogP contribution in [-0.2, 0) is 16.0 Å². The topological polar surface area (TPSA) is 65.6 Å². The summed E-state index contributed by atoms with van der Waals surface area (Å²) in [4.78, 5) is 18.9. The number of carbonyl (C=O) groups excluding carboxylic acids is 1. The molecular weight excluding hydrogens is 340 g/mol. The van der Waals surface area contributed by atoms with Crippen LogP contribution in [0.1, 0.15) is 43.5 Å². The van der Waals surface area contributed by atoms with Crippen LogP contribution in [0.2, 0.25) is 0 Å². The second-order valence-corrected chi connectivity index (χ2v) is 8.41. The number of aromatic nitrogens is 1. The zero-order valence-corrected chi connectivity index (χ0v) is 15.9. The van der Waals surface area contributed by atoms with Gasteiger partial charge in [-0.05, 0) is 56.1 Å². The molecule has 2 fully saturated rings. The van der Waals surface area contributed by atoms with Crippen LogP contribution in [0.25, 0.3) is 10.9 Å². The Morgan fingerprint density at radius 1 is 1.33 bits per heavy atom. The highest BCUT2D eigenvalue weighted by atomic mass is 16.5. The van der Waals surface area contributed by atoms with Crippen molar-refractivity contribution in [3.05, 3.63) is 35.5 Å². The molecule has 2 aromatic rings. The third-order valence-corrected chi connectivity index (χ3v) is 7.11. The van der Waals surface area contributed by atoms with Gasteiger partial charge in [0, 0.05) is 29.7 Å². The smallest absolute Gasteiger partial charge is 0.311 e. The Labute approximate surface area is 159 Å². The number of ether oxygens (including phenoxy) is 1. The molecule has 1 aromatic heterocycles. The number of hydrogen-bond donors (Lipinski definition) is 2. The fraction of sp³-hybridized carbons (Fsp3) is 0.591. The second-order valence-electron chi connectivity index (χ2n) is 8.41. The van der Waals surface area contributed by atoms with Crippen molar-refractivity contribution in [2.24, 2.45) is 17.8 Å². The van der Waals surface area contributed by atoms with Crippen molar-refractivity contribution in [1.82, 2.24) is 9.88 Å². The van der Waals surface area contributed by atoms with Gasteiger partial charge in [0.15, 0.2) is 0 Å². The number of nitrogens with zero attached hydrogens (tertiary/aromatic N) is 1. The number of aliphatic hydroxyl groups excluding tert-OH is 1. The number of piperidine rings is 1. The molecule has 0 amide bonds. The van der Waals surface area contributed by atoms with Gasteiger partial charge in [-0.25, -0.2) is 0 Å². The Morgan fingerprint density at radius 3 is 3.04 bits per heavy atom. The molecule has 1 aromatic carbocycles. The van der Waals surface area contributed by atoms with Crippen LogP contribution >= 0.6 is 0 Å². The van der Waals surface area contributed by atoms with E-state index in [1.807, 2.05) is 6.92 Å². The van der Waals surface area contributed by atoms with Gasteiger partial charge >= 0.3 is 5.97 Å². The van der Waals surface area contributed by atoms with E-state index in [0.717, 1.165) is 32.4 Å². The molecule has 0 spiro atoms. The molecule has 0 radical (unpaired) electrons. The maximum absolute atomic E-state index is 12.6. The van der Waals surface area contributed by atoms with Crippen molar-refractivity contribution < 1.29 is 14.6 Å². The molecule has 1 aliphatic carbocycles. The van der Waals surface area contributed by atoms with Gasteiger partial charge in [0.05, 0.1) is 24.7 Å². The first-order valence-corrected chi connectivity index (χ1v) is 10.4. The minimum atomic E-state index is -0.567. The molecule has 5 atom stereocenters. The number of rotatable bonds is 2. The van der Waals surface area contributed by atoms with Gasteiger partial charge in [0.25, 0.3) is 0 Å². The number of fused-ring (bicyclic) bond motifs is 6. The molecule has 5 unspecified atom stereocenters. The first kappa shape index (κ1) is 17.3. The number of aliphatic hydroxyl groups is 1. The fourth-order valence-electron chi connectivity index (χ4n) is 5.91. The SMILES string of the molecule is CCOC(=O)C1C(O)CCC2CN3CCc4c([nH]c5ccccc45)C3CC21. The summed E-state index contributed by atoms with van der Waals surface area (Å²) in [6.07, 6.45) is 3.15. The quantitative estimate of drug-likeness (QED) is 0.800. The van der Waals surface area contributed by atoms with Crippen LogP contribution in [0.4, 0.5) is 0 Å². The Balaban J connectivity index is 1.50. The van der Waals surface area contributed by atoms with E-state index in [4.69, 9.17) is 4.74 Å². The molecule has 5 heteroatoms. The predicted octanol–water partition coefficient (Wildman–Crippen LogP) is 3.04. The van der Waals surface area contributed by atoms with Gasteiger partial charge in [-0.3, -0.25) is 9.69 Å². The molecule has 1 saturated heterocycles. The molecule has 5 nitrogen and oxygen atoms in total. The number of H-pyrrole nitrogens is 1. The number of hydrogen-bond acceptors (Lipinski definition) is 4. The highest BCUT2D eigenvalue weighted by Gasteiger charge is 2.49. The molecule has 2 aliphatic heterocycles. The average Bonchev–Trinajstić information content (AvgIpc) is 3.06.